The molecule has 106 valence electrons. The quantitative estimate of drug-likeness (QED) is 0.888. The summed E-state index contributed by atoms with van der Waals surface area (Å²) in [6.07, 6.45) is 0.983. The van der Waals surface area contributed by atoms with Crippen molar-refractivity contribution in [2.24, 2.45) is 5.73 Å². The number of amides is 1. The highest BCUT2D eigenvalue weighted by Gasteiger charge is 2.20. The number of aryl methyl sites for hydroxylation is 2. The summed E-state index contributed by atoms with van der Waals surface area (Å²) in [4.78, 5) is 14.0. The number of halogens is 1. The molecule has 1 aromatic rings. The van der Waals surface area contributed by atoms with Gasteiger partial charge in [-0.25, -0.2) is 0 Å². The fourth-order valence-corrected chi connectivity index (χ4v) is 2.23. The van der Waals surface area contributed by atoms with Crippen LogP contribution < -0.4 is 11.1 Å². The maximum absolute atomic E-state index is 11.9. The highest BCUT2D eigenvalue weighted by atomic mass is 35.5. The second-order valence-electron chi connectivity index (χ2n) is 5.13. The van der Waals surface area contributed by atoms with Gasteiger partial charge in [-0.15, -0.1) is 12.4 Å². The van der Waals surface area contributed by atoms with E-state index in [1.807, 2.05) is 25.1 Å². The Morgan fingerprint density at radius 3 is 2.74 bits per heavy atom. The first-order valence-corrected chi connectivity index (χ1v) is 6.39. The second-order valence-corrected chi connectivity index (χ2v) is 5.13. The molecule has 1 aliphatic rings. The lowest BCUT2D eigenvalue weighted by atomic mass is 10.1. The van der Waals surface area contributed by atoms with Crippen LogP contribution in [-0.2, 0) is 4.79 Å². The Labute approximate surface area is 120 Å². The Balaban J connectivity index is 0.00000180. The van der Waals surface area contributed by atoms with Crippen molar-refractivity contribution in [3.63, 3.8) is 0 Å². The van der Waals surface area contributed by atoms with Crippen LogP contribution in [0.25, 0.3) is 0 Å². The molecule has 2 rings (SSSR count). The number of benzene rings is 1. The summed E-state index contributed by atoms with van der Waals surface area (Å²) in [6.45, 7) is 6.28. The van der Waals surface area contributed by atoms with Crippen molar-refractivity contribution in [3.05, 3.63) is 29.3 Å². The fourth-order valence-electron chi connectivity index (χ4n) is 2.23. The Kier molecular flexibility index (Phi) is 5.79. The number of hydrogen-bond donors (Lipinski definition) is 2. The van der Waals surface area contributed by atoms with Crippen molar-refractivity contribution in [2.75, 3.05) is 25.0 Å². The third kappa shape index (κ3) is 4.49. The summed E-state index contributed by atoms with van der Waals surface area (Å²) in [5.74, 6) is 0.0346. The van der Waals surface area contributed by atoms with Crippen LogP contribution in [0.4, 0.5) is 5.69 Å². The van der Waals surface area contributed by atoms with E-state index in [1.54, 1.807) is 0 Å². The molecule has 0 aromatic heterocycles. The van der Waals surface area contributed by atoms with Crippen LogP contribution in [0, 0.1) is 13.8 Å². The highest BCUT2D eigenvalue weighted by molar-refractivity contribution is 5.92. The Morgan fingerprint density at radius 1 is 1.42 bits per heavy atom. The van der Waals surface area contributed by atoms with Crippen molar-refractivity contribution < 1.29 is 4.79 Å². The highest BCUT2D eigenvalue weighted by Crippen LogP contribution is 2.14. The van der Waals surface area contributed by atoms with Gasteiger partial charge in [-0.05, 0) is 43.5 Å². The Bertz CT molecular complexity index is 450. The van der Waals surface area contributed by atoms with Crippen molar-refractivity contribution in [2.45, 2.75) is 26.3 Å². The molecule has 0 aliphatic carbocycles. The second kappa shape index (κ2) is 6.89. The summed E-state index contributed by atoms with van der Waals surface area (Å²) < 4.78 is 0. The molecule has 1 fully saturated rings. The lowest BCUT2D eigenvalue weighted by molar-refractivity contribution is -0.117. The maximum atomic E-state index is 11.9. The van der Waals surface area contributed by atoms with E-state index in [2.05, 4.69) is 17.1 Å². The van der Waals surface area contributed by atoms with Gasteiger partial charge in [0.05, 0.1) is 6.54 Å². The van der Waals surface area contributed by atoms with Crippen molar-refractivity contribution in [1.82, 2.24) is 4.90 Å². The number of hydrogen-bond acceptors (Lipinski definition) is 3. The number of rotatable bonds is 3. The first-order chi connectivity index (χ1) is 8.54. The minimum absolute atomic E-state index is 0. The summed E-state index contributed by atoms with van der Waals surface area (Å²) >= 11 is 0. The number of anilines is 1. The van der Waals surface area contributed by atoms with Gasteiger partial charge in [-0.2, -0.15) is 0 Å². The fraction of sp³-hybridized carbons (Fsp3) is 0.500. The average molecular weight is 284 g/mol. The zero-order valence-electron chi connectivity index (χ0n) is 11.5. The van der Waals surface area contributed by atoms with Gasteiger partial charge in [-0.3, -0.25) is 9.69 Å². The van der Waals surface area contributed by atoms with Gasteiger partial charge in [0, 0.05) is 24.8 Å². The van der Waals surface area contributed by atoms with Gasteiger partial charge >= 0.3 is 0 Å². The molecule has 3 N–H and O–H groups in total. The standard InChI is InChI=1S/C14H21N3O.ClH/c1-10-3-4-13(7-11(10)2)16-14(18)9-17-6-5-12(15)8-17;/h3-4,7,12H,5-6,8-9,15H2,1-2H3,(H,16,18);1H/t12-;/m1./s1. The predicted molar refractivity (Wildman–Crippen MR) is 80.8 cm³/mol. The number of nitrogens with two attached hydrogens (primary N) is 1. The smallest absolute Gasteiger partial charge is 0.238 e. The molecule has 1 heterocycles. The molecule has 19 heavy (non-hydrogen) atoms. The zero-order valence-corrected chi connectivity index (χ0v) is 12.3. The van der Waals surface area contributed by atoms with Crippen LogP contribution in [0.3, 0.4) is 0 Å². The number of carbonyl (C=O) groups is 1. The predicted octanol–water partition coefficient (Wildman–Crippen LogP) is 1.70. The molecule has 5 heteroatoms. The van der Waals surface area contributed by atoms with E-state index in [0.717, 1.165) is 25.2 Å². The molecule has 1 amide bonds. The van der Waals surface area contributed by atoms with Crippen molar-refractivity contribution in [1.29, 1.82) is 0 Å². The summed E-state index contributed by atoms with van der Waals surface area (Å²) in [7, 11) is 0. The number of carbonyl (C=O) groups excluding carboxylic acids is 1. The first kappa shape index (κ1) is 16.0. The van der Waals surface area contributed by atoms with Gasteiger partial charge in [0.15, 0.2) is 0 Å². The minimum Gasteiger partial charge on any atom is -0.326 e. The van der Waals surface area contributed by atoms with Gasteiger partial charge in [0.25, 0.3) is 0 Å². The van der Waals surface area contributed by atoms with Crippen molar-refractivity contribution in [3.8, 4) is 0 Å². The van der Waals surface area contributed by atoms with E-state index in [9.17, 15) is 4.79 Å². The monoisotopic (exact) mass is 283 g/mol. The van der Waals surface area contributed by atoms with Gasteiger partial charge < -0.3 is 11.1 Å². The molecule has 0 saturated carbocycles. The van der Waals surface area contributed by atoms with Crippen LogP contribution in [0.5, 0.6) is 0 Å². The van der Waals surface area contributed by atoms with Crippen LogP contribution in [0.1, 0.15) is 17.5 Å². The summed E-state index contributed by atoms with van der Waals surface area (Å²) in [5.41, 5.74) is 9.11. The zero-order chi connectivity index (χ0) is 13.1. The minimum atomic E-state index is 0. The molecule has 1 aromatic carbocycles. The molecule has 1 aliphatic heterocycles. The van der Waals surface area contributed by atoms with E-state index in [4.69, 9.17) is 5.73 Å². The van der Waals surface area contributed by atoms with Gasteiger partial charge in [0.1, 0.15) is 0 Å². The van der Waals surface area contributed by atoms with Gasteiger partial charge in [0.2, 0.25) is 5.91 Å². The summed E-state index contributed by atoms with van der Waals surface area (Å²) in [6, 6.07) is 6.19. The van der Waals surface area contributed by atoms with Crippen molar-refractivity contribution >= 4 is 24.0 Å². The van der Waals surface area contributed by atoms with E-state index in [1.165, 1.54) is 11.1 Å². The van der Waals surface area contributed by atoms with E-state index >= 15 is 0 Å². The maximum Gasteiger partial charge on any atom is 0.238 e. The lowest BCUT2D eigenvalue weighted by Gasteiger charge is -2.15. The largest absolute Gasteiger partial charge is 0.326 e. The molecular formula is C14H22ClN3O. The van der Waals surface area contributed by atoms with E-state index < -0.39 is 0 Å². The third-order valence-electron chi connectivity index (χ3n) is 3.47. The number of nitrogens with zero attached hydrogens (tertiary/aromatic N) is 1. The Morgan fingerprint density at radius 2 is 2.16 bits per heavy atom. The SMILES string of the molecule is Cc1ccc(NC(=O)CN2CC[C@@H](N)C2)cc1C.Cl. The lowest BCUT2D eigenvalue weighted by Crippen LogP contribution is -2.33. The normalized spacial score (nSPS) is 19.0. The van der Waals surface area contributed by atoms with Crippen LogP contribution in [0.2, 0.25) is 0 Å². The number of nitrogens with one attached hydrogen (secondary N) is 1. The van der Waals surface area contributed by atoms with Gasteiger partial charge in [-0.1, -0.05) is 6.07 Å². The molecule has 0 spiro atoms. The molecule has 1 atom stereocenters. The molecular weight excluding hydrogens is 262 g/mol. The van der Waals surface area contributed by atoms with Crippen LogP contribution in [-0.4, -0.2) is 36.5 Å². The van der Waals surface area contributed by atoms with E-state index in [0.29, 0.717) is 6.54 Å². The third-order valence-corrected chi connectivity index (χ3v) is 3.47. The first-order valence-electron chi connectivity index (χ1n) is 6.39. The topological polar surface area (TPSA) is 58.4 Å². The molecule has 0 bridgehead atoms. The van der Waals surface area contributed by atoms with Crippen LogP contribution in [0.15, 0.2) is 18.2 Å². The Hall–Kier alpha value is -1.10. The molecule has 0 radical (unpaired) electrons. The molecule has 0 unspecified atom stereocenters. The molecule has 4 nitrogen and oxygen atoms in total. The average Bonchev–Trinajstić information content (AvgIpc) is 2.69. The number of likely N-dealkylation sites (tertiary alicyclic amines) is 1. The summed E-state index contributed by atoms with van der Waals surface area (Å²) in [5, 5.41) is 2.93. The molecule has 1 saturated heterocycles. The van der Waals surface area contributed by atoms with E-state index in [-0.39, 0.29) is 24.4 Å². The van der Waals surface area contributed by atoms with Crippen LogP contribution >= 0.6 is 12.4 Å².